The first-order valence-corrected chi connectivity index (χ1v) is 64.2. The normalized spacial score (nSPS) is 48.7. The number of benzene rings is 1. The van der Waals surface area contributed by atoms with Crippen LogP contribution in [0.1, 0.15) is 419 Å². The summed E-state index contributed by atoms with van der Waals surface area (Å²) in [4.78, 5) is 59.0. The van der Waals surface area contributed by atoms with Crippen LogP contribution in [0.25, 0.3) is 0 Å². The van der Waals surface area contributed by atoms with Gasteiger partial charge in [-0.1, -0.05) is 164 Å². The van der Waals surface area contributed by atoms with E-state index in [1.165, 1.54) is 224 Å². The third-order valence-electron chi connectivity index (χ3n) is 50.7. The minimum atomic E-state index is -3.12. The topological polar surface area (TPSA) is 182 Å². The highest BCUT2D eigenvalue weighted by molar-refractivity contribution is 7.88. The first kappa shape index (κ1) is 107. The molecule has 1 aromatic rings. The Hall–Kier alpha value is -3.84. The number of piperidine rings is 3. The van der Waals surface area contributed by atoms with Gasteiger partial charge in [-0.15, -0.1) is 0 Å². The van der Waals surface area contributed by atoms with E-state index in [0.29, 0.717) is 160 Å². The Labute approximate surface area is 891 Å². The van der Waals surface area contributed by atoms with Crippen LogP contribution in [0.5, 0.6) is 0 Å². The molecule has 0 unspecified atom stereocenters. The monoisotopic (exact) mass is 2040 g/mol. The molecule has 1 aromatic carbocycles. The molecule has 7 saturated heterocycles. The molecule has 7 aliphatic heterocycles. The fourth-order valence-corrected chi connectivity index (χ4v) is 43.7. The number of hydrogen-bond acceptors (Lipinski definition) is 14. The number of sulfonamides is 1. The summed E-state index contributed by atoms with van der Waals surface area (Å²) >= 11 is 0. The Kier molecular flexibility index (Phi) is 30.3. The van der Waals surface area contributed by atoms with Gasteiger partial charge in [-0.3, -0.25) is 29.2 Å². The van der Waals surface area contributed by atoms with Gasteiger partial charge in [-0.05, 0) is 462 Å². The first-order chi connectivity index (χ1) is 70.1. The summed E-state index contributed by atoms with van der Waals surface area (Å²) < 4.78 is 55.3. The van der Waals surface area contributed by atoms with E-state index < -0.39 is 10.0 Å². The van der Waals surface area contributed by atoms with Crippen LogP contribution in [0.3, 0.4) is 0 Å². The predicted octanol–water partition coefficient (Wildman–Crippen LogP) is 27.4. The van der Waals surface area contributed by atoms with Gasteiger partial charge in [-0.25, -0.2) is 13.1 Å². The van der Waals surface area contributed by atoms with Gasteiger partial charge in [0.15, 0.2) is 0 Å². The molecule has 7 heterocycles. The maximum atomic E-state index is 12.8. The van der Waals surface area contributed by atoms with Crippen LogP contribution in [-0.4, -0.2) is 164 Å². The molecule has 20 fully saturated rings. The molecule has 0 radical (unpaired) electrons. The summed E-state index contributed by atoms with van der Waals surface area (Å²) in [6, 6.07) is 11.9. The number of ether oxygens (including phenoxy) is 4. The molecule has 0 amide bonds. The highest BCUT2D eigenvalue weighted by Crippen LogP contribution is 2.72. The minimum Gasteiger partial charge on any atom is -0.371 e. The average Bonchev–Trinajstić information content (AvgIpc) is 1.58. The quantitative estimate of drug-likeness (QED) is 0.189. The van der Waals surface area contributed by atoms with Crippen LogP contribution >= 0.6 is 0 Å². The van der Waals surface area contributed by atoms with Crippen LogP contribution in [0, 0.1) is 170 Å². The molecule has 4 spiro atoms. The van der Waals surface area contributed by atoms with Crippen LogP contribution in [0.4, 0.5) is 0 Å². The number of hydrogen-bond donors (Lipinski definition) is 2. The molecule has 17 aliphatic carbocycles. The minimum absolute atomic E-state index is 0.0203. The van der Waals surface area contributed by atoms with Crippen molar-refractivity contribution in [3.05, 3.63) is 80.5 Å². The van der Waals surface area contributed by atoms with E-state index in [0.717, 1.165) is 203 Å². The number of rotatable bonds is 12. The van der Waals surface area contributed by atoms with Gasteiger partial charge in [0.1, 0.15) is 23.1 Å². The second-order valence-electron chi connectivity index (χ2n) is 58.5. The Balaban J connectivity index is 0.000000112. The van der Waals surface area contributed by atoms with Crippen molar-refractivity contribution in [1.29, 1.82) is 0 Å². The van der Waals surface area contributed by atoms with E-state index >= 15 is 0 Å². The third-order valence-corrected chi connectivity index (χ3v) is 51.5. The Morgan fingerprint density at radius 3 is 1.29 bits per heavy atom. The lowest BCUT2D eigenvalue weighted by Gasteiger charge is -2.54. The van der Waals surface area contributed by atoms with Gasteiger partial charge in [0.2, 0.25) is 10.0 Å². The lowest BCUT2D eigenvalue weighted by atomic mass is 9.52. The number of carbonyl (C=O) groups is 4. The van der Waals surface area contributed by atoms with Crippen LogP contribution in [0.15, 0.2) is 79.9 Å². The Bertz CT molecular complexity index is 5320. The zero-order chi connectivity index (χ0) is 103. The van der Waals surface area contributed by atoms with Crippen LogP contribution < -0.4 is 10.0 Å². The van der Waals surface area contributed by atoms with Gasteiger partial charge in [0, 0.05) is 113 Å². The summed E-state index contributed by atoms with van der Waals surface area (Å²) in [5, 5.41) is 3.88. The third kappa shape index (κ3) is 19.6. The molecule has 2 N–H and O–H groups in total. The number of fused-ring (bicyclic) bond motifs is 24. The van der Waals surface area contributed by atoms with Gasteiger partial charge in [0.05, 0.1) is 53.1 Å². The van der Waals surface area contributed by atoms with Crippen molar-refractivity contribution < 1.29 is 46.5 Å². The van der Waals surface area contributed by atoms with Crippen LogP contribution in [0.2, 0.25) is 0 Å². The number of allylic oxidation sites excluding steroid dienone is 4. The molecular formula is C131H201N5O10S. The number of aliphatic imine (C=N–C) groups is 1. The second kappa shape index (κ2) is 41.5. The lowest BCUT2D eigenvalue weighted by Crippen LogP contribution is -2.52. The van der Waals surface area contributed by atoms with Crippen molar-refractivity contribution in [3.63, 3.8) is 0 Å². The number of Topliss-reactive ketones (excluding diaryl/α,β-unsaturated/α-hetero) is 4. The molecule has 0 bridgehead atoms. The maximum absolute atomic E-state index is 12.8. The maximum Gasteiger partial charge on any atom is 0.208 e. The molecule has 147 heavy (non-hydrogen) atoms. The van der Waals surface area contributed by atoms with Crippen molar-refractivity contribution in [3.8, 4) is 0 Å². The number of nitrogens with one attached hydrogen (secondary N) is 2. The largest absolute Gasteiger partial charge is 0.371 e. The summed E-state index contributed by atoms with van der Waals surface area (Å²) in [5.74, 6) is 20.2. The average molecular weight is 2040 g/mol. The molecule has 16 heteroatoms. The summed E-state index contributed by atoms with van der Waals surface area (Å²) in [7, 11) is -1.11. The molecule has 25 rings (SSSR count). The predicted molar refractivity (Wildman–Crippen MR) is 592 cm³/mol. The second-order valence-corrected chi connectivity index (χ2v) is 60.3. The van der Waals surface area contributed by atoms with Crippen molar-refractivity contribution in [2.24, 2.45) is 175 Å². The number of ketones is 4. The van der Waals surface area contributed by atoms with E-state index in [4.69, 9.17) is 18.9 Å². The zero-order valence-electron chi connectivity index (χ0n) is 95.5. The van der Waals surface area contributed by atoms with Crippen LogP contribution in [-0.2, 0) is 54.6 Å². The number of nitrogens with zero attached hydrogens (tertiary/aromatic N) is 3. The Morgan fingerprint density at radius 2 is 0.830 bits per heavy atom. The van der Waals surface area contributed by atoms with E-state index in [-0.39, 0.29) is 28.4 Å². The summed E-state index contributed by atoms with van der Waals surface area (Å²) in [6.07, 6.45) is 57.7. The summed E-state index contributed by atoms with van der Waals surface area (Å²) in [5.41, 5.74) is 18.3. The van der Waals surface area contributed by atoms with Crippen molar-refractivity contribution >= 4 is 38.9 Å². The van der Waals surface area contributed by atoms with Gasteiger partial charge in [-0.2, -0.15) is 0 Å². The molecule has 15 nitrogen and oxygen atoms in total. The van der Waals surface area contributed by atoms with E-state index in [1.54, 1.807) is 40.4 Å². The fourth-order valence-electron chi connectivity index (χ4n) is 42.9. The molecule has 816 valence electrons. The molecule has 24 aliphatic rings. The van der Waals surface area contributed by atoms with E-state index in [2.05, 4.69) is 148 Å². The number of likely N-dealkylation sites (tertiary alicyclic amines) is 2. The molecule has 41 atom stereocenters. The van der Waals surface area contributed by atoms with Crippen molar-refractivity contribution in [2.45, 2.75) is 490 Å². The van der Waals surface area contributed by atoms with E-state index in [9.17, 15) is 27.6 Å². The number of carbonyl (C=O) groups excluding carboxylic acids is 4. The standard InChI is InChI=1S/C39H55NO3.C33H51NO3.C30H49NO3S.C29H46N2O/c1-25-19-36-37(40(24-25)18-8-11-30(41)20-28-9-6-5-7-10-28)27(3)39(43-36)17-15-32-33-13-12-29-21-31(42)14-16-38(29,4)35(33)22-34(32)26(2)23-39;1-20-15-30-31(34(19-20)14-6-7-22(3)35)23(4)33(37-30)13-11-26-27-9-8-24-16-25(36)10-12-32(24,5)29(27)17-28(26)21(2)18-33;1-18-6-8-23-20(3)30(34-28(23)14-18)13-11-24-25-9-7-21-15-22(31-35(5,32)33)10-12-29(21,4)27(25)16-26(24)19(2)17-30;1-17-12-26-27(31-16-17)19(3)29(32-26)11-9-22-23-7-6-20-13-21(30-5)8-10-28(20,4)25(23)14-24(22)18(2)15-29/h5-7,9-10,25,27,29,32-33,35-37H,8,11-24H2,1-4H3;20,23-24,26-27,29-31H,6-19H2,1-5H3;18,20-25,27-28,31H,6-17H2,1-5H3;17,19-20,22-23,25-27,31H,6-16H2,1-5H3/t25-,27+,29+,32-,33-,35-,36+,37-,38-,39-;20-,23+,24+,26-,27-,29-,30+,31-,32-,33-;18-,20-,21-,22+,23+,24+,25+,27+,28-,29+,30+;17-,19+,20+,22-,23-,25-,26+,27-,28-,29-/m0010/s1. The van der Waals surface area contributed by atoms with Crippen molar-refractivity contribution in [2.75, 3.05) is 46.0 Å². The SMILES string of the molecule is CC(=O)CCCN1C[C@@H](C)C[C@H]2O[C@]3(CC[C@@H]4C(=C(C)C3)C[C@H]3[C@H]4CC[C@@H]4CC(=O)CC[C@@]43C)[C@H](C)[C@@H]21.CC1=C2C[C@H]3[C@@H](CC[C@@H]4CC(=O)CC[C@@]43C)[C@@H]2CC[C@@]2(C1)O[C@@H]1C[C@H](C)CN(CCCC(=O)Cc3ccccc3)[C@H]1[C@H]2C.CC1=C2C[C@H]3[C@@H](CC[C@@H]4C[C@@H](NS(C)(=O)=O)CC[C@@]43C)[C@@H]2CC[C@@]2(C1)O[C@@H]1C[C@H](C)CC[C@H]1[C@H]2C.CN=C1CC[C@@]2(C)[C@H](CC[C@H]3[C@@H]4CC[C@@]5(CC(C)=C4C[C@@H]32)O[C@@H]2C[C@H](C)CN[C@H]2[C@H]5C)C1. The first-order valence-electron chi connectivity index (χ1n) is 62.3. The van der Waals surface area contributed by atoms with Crippen molar-refractivity contribution in [1.82, 2.24) is 19.8 Å². The Morgan fingerprint density at radius 1 is 0.429 bits per heavy atom. The van der Waals surface area contributed by atoms with E-state index in [1.807, 2.05) is 36.4 Å². The van der Waals surface area contributed by atoms with Gasteiger partial charge < -0.3 is 29.1 Å². The molecule has 0 aromatic heterocycles. The zero-order valence-corrected chi connectivity index (χ0v) is 96.4. The highest BCUT2D eigenvalue weighted by Gasteiger charge is 2.68. The lowest BCUT2D eigenvalue weighted by molar-refractivity contribution is -0.130. The smallest absolute Gasteiger partial charge is 0.208 e. The fraction of sp³-hybridized carbons (Fsp3) is 0.855. The van der Waals surface area contributed by atoms with Gasteiger partial charge in [0.25, 0.3) is 0 Å². The summed E-state index contributed by atoms with van der Waals surface area (Å²) in [6.45, 7) is 47.0. The van der Waals surface area contributed by atoms with Gasteiger partial charge >= 0.3 is 0 Å². The molecular weight excluding hydrogens is 1840 g/mol. The molecule has 13 saturated carbocycles. The highest BCUT2D eigenvalue weighted by atomic mass is 32.2.